The monoisotopic (exact) mass is 798 g/mol. The Morgan fingerprint density at radius 1 is 0.405 bits per heavy atom. The van der Waals surface area contributed by atoms with Crippen molar-refractivity contribution in [1.29, 1.82) is 0 Å². The Morgan fingerprint density at radius 2 is 0.738 bits per heavy atom. The summed E-state index contributed by atoms with van der Waals surface area (Å²) in [5, 5.41) is 0. The van der Waals surface area contributed by atoms with Gasteiger partial charge in [0.1, 0.15) is 0 Å². The molecular weight excluding hydrogens is 776 g/mol. The molecule has 0 aromatic heterocycles. The van der Waals surface area contributed by atoms with Crippen molar-refractivity contribution in [2.45, 2.75) is 23.7 Å². The van der Waals surface area contributed by atoms with Gasteiger partial charge < -0.3 is 0 Å². The molecular formula is C38H26Br4. The van der Waals surface area contributed by atoms with Gasteiger partial charge in [0.2, 0.25) is 0 Å². The normalized spacial score (nSPS) is 16.6. The molecule has 0 fully saturated rings. The Hall–Kier alpha value is -2.50. The van der Waals surface area contributed by atoms with Gasteiger partial charge in [0.25, 0.3) is 0 Å². The molecule has 0 N–H and O–H groups in total. The number of rotatable bonds is 4. The van der Waals surface area contributed by atoms with Crippen molar-refractivity contribution in [2.75, 3.05) is 0 Å². The van der Waals surface area contributed by atoms with E-state index in [0.29, 0.717) is 0 Å². The summed E-state index contributed by atoms with van der Waals surface area (Å²) in [4.78, 5) is 0. The van der Waals surface area contributed by atoms with Crippen molar-refractivity contribution in [3.63, 3.8) is 0 Å². The van der Waals surface area contributed by atoms with Crippen molar-refractivity contribution < 1.29 is 0 Å². The van der Waals surface area contributed by atoms with Gasteiger partial charge in [0.15, 0.2) is 0 Å². The van der Waals surface area contributed by atoms with Gasteiger partial charge in [0.05, 0.1) is 10.8 Å². The van der Waals surface area contributed by atoms with Crippen molar-refractivity contribution in [1.82, 2.24) is 0 Å². The van der Waals surface area contributed by atoms with E-state index in [1.165, 1.54) is 44.5 Å². The van der Waals surface area contributed by atoms with Crippen LogP contribution in [0.4, 0.5) is 0 Å². The molecule has 4 heteroatoms. The minimum absolute atomic E-state index is 0.525. The molecule has 0 amide bonds. The van der Waals surface area contributed by atoms with Crippen LogP contribution in [0.25, 0.3) is 0 Å². The quantitative estimate of drug-likeness (QED) is 0.170. The molecule has 0 heterocycles. The zero-order valence-electron chi connectivity index (χ0n) is 22.6. The molecule has 5 aromatic rings. The Morgan fingerprint density at radius 3 is 1.14 bits per heavy atom. The first-order valence-corrected chi connectivity index (χ1v) is 17.2. The van der Waals surface area contributed by atoms with Crippen LogP contribution in [0.5, 0.6) is 0 Å². The molecule has 0 nitrogen and oxygen atoms in total. The van der Waals surface area contributed by atoms with Gasteiger partial charge in [0, 0.05) is 17.9 Å². The van der Waals surface area contributed by atoms with E-state index in [4.69, 9.17) is 0 Å². The second-order valence-electron chi connectivity index (χ2n) is 10.8. The molecule has 0 radical (unpaired) electrons. The maximum Gasteiger partial charge on any atom is 0.0726 e. The lowest BCUT2D eigenvalue weighted by Crippen LogP contribution is -2.46. The lowest BCUT2D eigenvalue weighted by atomic mass is 9.49. The molecule has 0 atom stereocenters. The average Bonchev–Trinajstić information content (AvgIpc) is 3.02. The summed E-state index contributed by atoms with van der Waals surface area (Å²) in [6, 6.07) is 44.1. The summed E-state index contributed by atoms with van der Waals surface area (Å²) < 4.78 is 4.39. The summed E-state index contributed by atoms with van der Waals surface area (Å²) in [5.74, 6) is 0. The first kappa shape index (κ1) is 28.3. The Kier molecular flexibility index (Phi) is 7.55. The van der Waals surface area contributed by atoms with Crippen molar-refractivity contribution in [3.05, 3.63) is 196 Å². The third kappa shape index (κ3) is 4.02. The highest BCUT2D eigenvalue weighted by Crippen LogP contribution is 2.64. The summed E-state index contributed by atoms with van der Waals surface area (Å²) in [6.07, 6.45) is 6.70. The molecule has 0 unspecified atom stereocenters. The number of hydrogen-bond donors (Lipinski definition) is 0. The Labute approximate surface area is 281 Å². The number of allylic oxidation sites excluding steroid dienone is 4. The highest BCUT2D eigenvalue weighted by molar-refractivity contribution is 9.11. The summed E-state index contributed by atoms with van der Waals surface area (Å²) in [7, 11) is 0. The zero-order valence-corrected chi connectivity index (χ0v) is 29.0. The van der Waals surface area contributed by atoms with Gasteiger partial charge in [-0.25, -0.2) is 0 Å². The number of hydrogen-bond acceptors (Lipinski definition) is 0. The van der Waals surface area contributed by atoms with Gasteiger partial charge in [-0.05, 0) is 81.6 Å². The predicted octanol–water partition coefficient (Wildman–Crippen LogP) is 12.1. The minimum atomic E-state index is -0.560. The highest BCUT2D eigenvalue weighted by atomic mass is 79.9. The van der Waals surface area contributed by atoms with Crippen LogP contribution in [0.3, 0.4) is 0 Å². The topological polar surface area (TPSA) is 0 Å². The van der Waals surface area contributed by atoms with Crippen LogP contribution >= 0.6 is 63.7 Å². The number of benzene rings is 5. The van der Waals surface area contributed by atoms with Gasteiger partial charge in [-0.3, -0.25) is 0 Å². The summed E-state index contributed by atoms with van der Waals surface area (Å²) in [6.45, 7) is 0. The predicted molar refractivity (Wildman–Crippen MR) is 188 cm³/mol. The molecule has 0 saturated heterocycles. The van der Waals surface area contributed by atoms with E-state index in [-0.39, 0.29) is 0 Å². The molecule has 0 bridgehead atoms. The SMILES string of the molecule is Brc1ccccc1C1(c2ccccc2Br)C2=C(CCC=C2)C(c2ccccc2Br)(c2ccccc2Br)c2ccccc21. The molecule has 2 aliphatic carbocycles. The minimum Gasteiger partial charge on any atom is -0.0839 e. The second kappa shape index (κ2) is 11.2. The largest absolute Gasteiger partial charge is 0.0839 e. The third-order valence-electron chi connectivity index (χ3n) is 8.87. The summed E-state index contributed by atoms with van der Waals surface area (Å²) >= 11 is 16.1. The average molecular weight is 802 g/mol. The number of fused-ring (bicyclic) bond motifs is 1. The fourth-order valence-corrected chi connectivity index (χ4v) is 9.73. The van der Waals surface area contributed by atoms with E-state index < -0.39 is 10.8 Å². The van der Waals surface area contributed by atoms with E-state index in [0.717, 1.165) is 30.7 Å². The third-order valence-corrected chi connectivity index (χ3v) is 11.6. The van der Waals surface area contributed by atoms with E-state index in [1.807, 2.05) is 0 Å². The molecule has 206 valence electrons. The fourth-order valence-electron chi connectivity index (χ4n) is 7.40. The maximum absolute atomic E-state index is 4.03. The van der Waals surface area contributed by atoms with Crippen LogP contribution in [0.15, 0.2) is 163 Å². The molecule has 0 spiro atoms. The van der Waals surface area contributed by atoms with Gasteiger partial charge in [-0.1, -0.05) is 173 Å². The molecule has 2 aliphatic rings. The molecule has 5 aromatic carbocycles. The standard InChI is InChI=1S/C38H26Br4/c39-33-21-9-5-17-29(33)37(30-18-6-10-22-34(30)40)25-13-1-2-14-26(25)38(28-16-4-3-15-27(28)37,31-19-7-11-23-35(31)41)32-20-8-12-24-36(32)42/h1-3,5-15,17-24H,4,16H2. The van der Waals surface area contributed by atoms with Crippen molar-refractivity contribution in [3.8, 4) is 0 Å². The lowest BCUT2D eigenvalue weighted by molar-refractivity contribution is 0.570. The molecule has 0 aliphatic heterocycles. The first-order chi connectivity index (χ1) is 20.5. The van der Waals surface area contributed by atoms with Gasteiger partial charge >= 0.3 is 0 Å². The first-order valence-electron chi connectivity index (χ1n) is 14.0. The molecule has 0 saturated carbocycles. The van der Waals surface area contributed by atoms with Crippen molar-refractivity contribution >= 4 is 63.7 Å². The van der Waals surface area contributed by atoms with E-state index >= 15 is 0 Å². The van der Waals surface area contributed by atoms with Crippen LogP contribution in [0, 0.1) is 0 Å². The molecule has 7 rings (SSSR count). The van der Waals surface area contributed by atoms with Crippen LogP contribution in [-0.4, -0.2) is 0 Å². The van der Waals surface area contributed by atoms with Crippen LogP contribution in [0.2, 0.25) is 0 Å². The molecule has 42 heavy (non-hydrogen) atoms. The zero-order chi connectivity index (χ0) is 28.9. The maximum atomic E-state index is 4.03. The van der Waals surface area contributed by atoms with E-state index in [9.17, 15) is 0 Å². The van der Waals surface area contributed by atoms with Gasteiger partial charge in [-0.15, -0.1) is 0 Å². The second-order valence-corrected chi connectivity index (χ2v) is 14.2. The number of halogens is 4. The van der Waals surface area contributed by atoms with E-state index in [2.05, 4.69) is 197 Å². The summed E-state index contributed by atoms with van der Waals surface area (Å²) in [5.41, 5.74) is 9.21. The van der Waals surface area contributed by atoms with E-state index in [1.54, 1.807) is 0 Å². The van der Waals surface area contributed by atoms with Gasteiger partial charge in [-0.2, -0.15) is 0 Å². The van der Waals surface area contributed by atoms with Crippen LogP contribution in [0.1, 0.15) is 46.2 Å². The fraction of sp³-hybridized carbons (Fsp3) is 0.105. The lowest BCUT2D eigenvalue weighted by Gasteiger charge is -2.53. The smallest absolute Gasteiger partial charge is 0.0726 e. The highest BCUT2D eigenvalue weighted by Gasteiger charge is 2.56. The Bertz CT molecular complexity index is 1810. The van der Waals surface area contributed by atoms with Crippen LogP contribution < -0.4 is 0 Å². The van der Waals surface area contributed by atoms with Crippen LogP contribution in [-0.2, 0) is 10.8 Å². The van der Waals surface area contributed by atoms with Crippen molar-refractivity contribution in [2.24, 2.45) is 0 Å². The Balaban J connectivity index is 1.78.